The Kier molecular flexibility index (Phi) is 3.58. The van der Waals surface area contributed by atoms with E-state index in [1.807, 2.05) is 60.7 Å². The van der Waals surface area contributed by atoms with Gasteiger partial charge in [0.15, 0.2) is 0 Å². The number of aromatic nitrogens is 2. The van der Waals surface area contributed by atoms with Gasteiger partial charge in [-0.3, -0.25) is 14.8 Å². The van der Waals surface area contributed by atoms with Crippen molar-refractivity contribution in [3.8, 4) is 5.75 Å². The smallest absolute Gasteiger partial charge is 0.327 e. The van der Waals surface area contributed by atoms with Crippen LogP contribution < -0.4 is 21.3 Å². The van der Waals surface area contributed by atoms with Crippen LogP contribution in [-0.2, 0) is 0 Å². The first kappa shape index (κ1) is 16.4. The molecule has 0 saturated heterocycles. The van der Waals surface area contributed by atoms with Gasteiger partial charge in [0.2, 0.25) is 0 Å². The zero-order chi connectivity index (χ0) is 19.3. The lowest BCUT2D eigenvalue weighted by Gasteiger charge is -2.30. The molecule has 3 N–H and O–H groups in total. The van der Waals surface area contributed by atoms with Crippen LogP contribution in [0.2, 0.25) is 0 Å². The maximum absolute atomic E-state index is 12.9. The Balaban J connectivity index is 1.93. The number of hydrogen-bond acceptors (Lipinski definition) is 4. The van der Waals surface area contributed by atoms with Gasteiger partial charge in [-0.25, -0.2) is 4.79 Å². The summed E-state index contributed by atoms with van der Waals surface area (Å²) in [6.07, 6.45) is 0. The van der Waals surface area contributed by atoms with E-state index in [-0.39, 0.29) is 0 Å². The third-order valence-corrected chi connectivity index (χ3v) is 5.24. The number of aromatic amines is 2. The van der Waals surface area contributed by atoms with Gasteiger partial charge in [0.1, 0.15) is 11.6 Å². The van der Waals surface area contributed by atoms with Crippen molar-refractivity contribution in [2.75, 3.05) is 12.4 Å². The monoisotopic (exact) mass is 371 g/mol. The molecule has 6 heteroatoms. The number of nitrogens with one attached hydrogen (secondary N) is 3. The molecule has 138 valence electrons. The highest BCUT2D eigenvalue weighted by molar-refractivity contribution is 5.94. The number of H-pyrrole nitrogens is 2. The van der Waals surface area contributed by atoms with E-state index in [9.17, 15) is 9.59 Å². The summed E-state index contributed by atoms with van der Waals surface area (Å²) < 4.78 is 5.60. The fourth-order valence-electron chi connectivity index (χ4n) is 4.08. The van der Waals surface area contributed by atoms with Crippen molar-refractivity contribution in [1.29, 1.82) is 0 Å². The maximum Gasteiger partial charge on any atom is 0.327 e. The molecule has 28 heavy (non-hydrogen) atoms. The second-order valence-corrected chi connectivity index (χ2v) is 6.74. The third kappa shape index (κ3) is 2.35. The highest BCUT2D eigenvalue weighted by atomic mass is 16.5. The second-order valence-electron chi connectivity index (χ2n) is 6.74. The van der Waals surface area contributed by atoms with Crippen LogP contribution in [0.4, 0.5) is 11.5 Å². The van der Waals surface area contributed by atoms with Crippen LogP contribution in [0.5, 0.6) is 5.75 Å². The van der Waals surface area contributed by atoms with E-state index in [1.54, 1.807) is 7.11 Å². The van der Waals surface area contributed by atoms with Gasteiger partial charge < -0.3 is 10.1 Å². The van der Waals surface area contributed by atoms with Crippen molar-refractivity contribution in [3.63, 3.8) is 0 Å². The van der Waals surface area contributed by atoms with E-state index < -0.39 is 17.2 Å². The largest absolute Gasteiger partial charge is 0.496 e. The van der Waals surface area contributed by atoms with Crippen molar-refractivity contribution in [1.82, 2.24) is 9.97 Å². The minimum atomic E-state index is -0.542. The van der Waals surface area contributed by atoms with Crippen LogP contribution >= 0.6 is 0 Å². The number of ether oxygens (including phenoxy) is 1. The van der Waals surface area contributed by atoms with Crippen molar-refractivity contribution >= 4 is 22.3 Å². The minimum Gasteiger partial charge on any atom is -0.496 e. The van der Waals surface area contributed by atoms with Crippen LogP contribution in [0.3, 0.4) is 0 Å². The fourth-order valence-corrected chi connectivity index (χ4v) is 4.08. The Labute approximate surface area is 159 Å². The summed E-state index contributed by atoms with van der Waals surface area (Å²) in [6.45, 7) is 0. The Hall–Kier alpha value is -3.80. The second kappa shape index (κ2) is 6.13. The molecule has 0 saturated carbocycles. The molecule has 3 aromatic carbocycles. The fraction of sp³-hybridized carbons (Fsp3) is 0.0909. The summed E-state index contributed by atoms with van der Waals surface area (Å²) in [5, 5.41) is 5.35. The average Bonchev–Trinajstić information content (AvgIpc) is 2.71. The van der Waals surface area contributed by atoms with Crippen molar-refractivity contribution in [2.24, 2.45) is 0 Å². The first-order chi connectivity index (χ1) is 13.7. The average molecular weight is 371 g/mol. The molecular formula is C22H17N3O3. The molecule has 0 spiro atoms. The van der Waals surface area contributed by atoms with Crippen LogP contribution in [-0.4, -0.2) is 17.1 Å². The number of hydrogen-bond donors (Lipinski definition) is 3. The van der Waals surface area contributed by atoms with Crippen LogP contribution in [0, 0.1) is 0 Å². The highest BCUT2D eigenvalue weighted by Crippen LogP contribution is 2.47. The molecule has 2 heterocycles. The number of benzene rings is 3. The van der Waals surface area contributed by atoms with Crippen molar-refractivity contribution in [3.05, 3.63) is 98.2 Å². The molecule has 0 aliphatic carbocycles. The molecule has 5 rings (SSSR count). The normalized spacial score (nSPS) is 14.8. The zero-order valence-corrected chi connectivity index (χ0v) is 15.1. The van der Waals surface area contributed by atoms with E-state index >= 15 is 0 Å². The Morgan fingerprint density at radius 1 is 0.857 bits per heavy atom. The van der Waals surface area contributed by atoms with E-state index in [4.69, 9.17) is 4.74 Å². The molecule has 4 aromatic rings. The van der Waals surface area contributed by atoms with Crippen LogP contribution in [0.15, 0.2) is 70.3 Å². The molecule has 0 amide bonds. The molecular weight excluding hydrogens is 354 g/mol. The summed E-state index contributed by atoms with van der Waals surface area (Å²) in [4.78, 5) is 29.8. The lowest BCUT2D eigenvalue weighted by Crippen LogP contribution is -2.32. The van der Waals surface area contributed by atoms with Gasteiger partial charge in [0, 0.05) is 17.2 Å². The van der Waals surface area contributed by atoms with Gasteiger partial charge in [0.25, 0.3) is 5.56 Å². The molecule has 1 aliphatic heterocycles. The topological polar surface area (TPSA) is 87.0 Å². The highest BCUT2D eigenvalue weighted by Gasteiger charge is 2.33. The number of rotatable bonds is 2. The third-order valence-electron chi connectivity index (χ3n) is 5.24. The Morgan fingerprint density at radius 3 is 2.50 bits per heavy atom. The first-order valence-electron chi connectivity index (χ1n) is 8.95. The molecule has 1 atom stereocenters. The zero-order valence-electron chi connectivity index (χ0n) is 15.1. The summed E-state index contributed by atoms with van der Waals surface area (Å²) in [5.74, 6) is 0.700. The van der Waals surface area contributed by atoms with Gasteiger partial charge in [0.05, 0.1) is 12.7 Å². The predicted octanol–water partition coefficient (Wildman–Crippen LogP) is 3.46. The quantitative estimate of drug-likeness (QED) is 0.443. The number of anilines is 2. The predicted molar refractivity (Wildman–Crippen MR) is 109 cm³/mol. The molecule has 0 unspecified atom stereocenters. The van der Waals surface area contributed by atoms with Gasteiger partial charge in [-0.1, -0.05) is 48.5 Å². The molecule has 0 radical (unpaired) electrons. The lowest BCUT2D eigenvalue weighted by atomic mass is 9.80. The van der Waals surface area contributed by atoms with E-state index in [0.717, 1.165) is 27.6 Å². The summed E-state index contributed by atoms with van der Waals surface area (Å²) in [6, 6.07) is 19.7. The molecule has 1 aliphatic rings. The van der Waals surface area contributed by atoms with Crippen molar-refractivity contribution in [2.45, 2.75) is 5.92 Å². The van der Waals surface area contributed by atoms with Crippen LogP contribution in [0.1, 0.15) is 22.6 Å². The van der Waals surface area contributed by atoms with Crippen LogP contribution in [0.25, 0.3) is 10.8 Å². The van der Waals surface area contributed by atoms with Gasteiger partial charge in [-0.15, -0.1) is 0 Å². The van der Waals surface area contributed by atoms with Crippen molar-refractivity contribution < 1.29 is 4.74 Å². The number of fused-ring (bicyclic) bond motifs is 4. The van der Waals surface area contributed by atoms with Gasteiger partial charge >= 0.3 is 5.69 Å². The summed E-state index contributed by atoms with van der Waals surface area (Å²) in [5.41, 5.74) is 2.20. The molecule has 1 aromatic heterocycles. The maximum atomic E-state index is 12.9. The molecule has 0 fully saturated rings. The van der Waals surface area contributed by atoms with E-state index in [0.29, 0.717) is 17.1 Å². The summed E-state index contributed by atoms with van der Waals surface area (Å²) >= 11 is 0. The Morgan fingerprint density at radius 2 is 1.64 bits per heavy atom. The lowest BCUT2D eigenvalue weighted by molar-refractivity contribution is 0.409. The Bertz CT molecular complexity index is 1340. The number of para-hydroxylation sites is 1. The molecule has 6 nitrogen and oxygen atoms in total. The van der Waals surface area contributed by atoms with E-state index in [2.05, 4.69) is 15.3 Å². The molecule has 0 bridgehead atoms. The van der Waals surface area contributed by atoms with Gasteiger partial charge in [-0.2, -0.15) is 0 Å². The number of methoxy groups -OCH3 is 1. The van der Waals surface area contributed by atoms with Gasteiger partial charge in [-0.05, 0) is 28.5 Å². The minimum absolute atomic E-state index is 0.394. The van der Waals surface area contributed by atoms with E-state index in [1.165, 1.54) is 0 Å². The standard InChI is InChI=1S/C22H17N3O3/c1-28-16-9-5-4-8-14(16)18-17-13-7-3-2-6-12(13)10-11-15(17)23-20-19(18)21(26)25-22(27)24-20/h2-11,18H,1H3,(H3,23,24,25,26,27)/t18-/m0/s1. The SMILES string of the molecule is COc1ccccc1[C@@H]1c2c([nH]c(=O)[nH]c2=O)Nc2ccc3ccccc3c21. The summed E-state index contributed by atoms with van der Waals surface area (Å²) in [7, 11) is 1.61. The first-order valence-corrected chi connectivity index (χ1v) is 8.95.